The molecule has 2 atom stereocenters. The molecule has 0 radical (unpaired) electrons. The minimum absolute atomic E-state index is 0.0163. The van der Waals surface area contributed by atoms with E-state index in [0.29, 0.717) is 19.5 Å². The van der Waals surface area contributed by atoms with E-state index in [0.717, 1.165) is 22.6 Å². The molecule has 0 unspecified atom stereocenters. The Morgan fingerprint density at radius 3 is 2.65 bits per heavy atom. The maximum atomic E-state index is 12.7. The molecule has 0 N–H and O–H groups in total. The van der Waals surface area contributed by atoms with Crippen LogP contribution >= 0.6 is 0 Å². The highest BCUT2D eigenvalue weighted by Gasteiger charge is 2.30. The van der Waals surface area contributed by atoms with Gasteiger partial charge >= 0.3 is 0 Å². The number of aryl methyl sites for hydroxylation is 2. The maximum absolute atomic E-state index is 12.7. The van der Waals surface area contributed by atoms with Gasteiger partial charge in [0, 0.05) is 12.1 Å². The second-order valence-corrected chi connectivity index (χ2v) is 6.12. The molecule has 1 amide bonds. The predicted molar refractivity (Wildman–Crippen MR) is 86.0 cm³/mol. The first-order chi connectivity index (χ1) is 11.0. The summed E-state index contributed by atoms with van der Waals surface area (Å²) in [6, 6.07) is 10.1. The van der Waals surface area contributed by atoms with E-state index >= 15 is 0 Å². The minimum atomic E-state index is -0.0754. The van der Waals surface area contributed by atoms with Gasteiger partial charge in [-0.3, -0.25) is 4.79 Å². The van der Waals surface area contributed by atoms with Gasteiger partial charge in [-0.2, -0.15) is 0 Å². The lowest BCUT2D eigenvalue weighted by molar-refractivity contribution is -0.144. The van der Waals surface area contributed by atoms with E-state index in [2.05, 4.69) is 5.16 Å². The highest BCUT2D eigenvalue weighted by atomic mass is 16.5. The number of carbonyl (C=O) groups is 1. The molecule has 1 aromatic heterocycles. The molecule has 0 spiro atoms. The Morgan fingerprint density at radius 1 is 1.26 bits per heavy atom. The quantitative estimate of drug-likeness (QED) is 0.874. The molecule has 5 nitrogen and oxygen atoms in total. The first kappa shape index (κ1) is 15.7. The van der Waals surface area contributed by atoms with Crippen LogP contribution in [0.5, 0.6) is 0 Å². The normalized spacial score (nSPS) is 21.4. The smallest absolute Gasteiger partial charge is 0.227 e. The average Bonchev–Trinajstić information content (AvgIpc) is 2.87. The Kier molecular flexibility index (Phi) is 4.48. The van der Waals surface area contributed by atoms with E-state index < -0.39 is 0 Å². The second kappa shape index (κ2) is 6.54. The zero-order valence-electron chi connectivity index (χ0n) is 13.8. The van der Waals surface area contributed by atoms with E-state index in [1.165, 1.54) is 0 Å². The van der Waals surface area contributed by atoms with Crippen molar-refractivity contribution in [3.05, 3.63) is 52.9 Å². The van der Waals surface area contributed by atoms with Gasteiger partial charge in [0.2, 0.25) is 5.91 Å². The van der Waals surface area contributed by atoms with Crippen molar-refractivity contribution >= 4 is 5.91 Å². The molecule has 2 heterocycles. The number of hydrogen-bond acceptors (Lipinski definition) is 4. The predicted octanol–water partition coefficient (Wildman–Crippen LogP) is 2.82. The SMILES string of the molecule is Cc1noc(C)c1CC(=O)N1C[C@@H](c2ccccc2)O[C@@H](C)C1. The van der Waals surface area contributed by atoms with Crippen molar-refractivity contribution in [2.24, 2.45) is 0 Å². The van der Waals surface area contributed by atoms with E-state index in [1.807, 2.05) is 56.0 Å². The van der Waals surface area contributed by atoms with Gasteiger partial charge in [-0.15, -0.1) is 0 Å². The summed E-state index contributed by atoms with van der Waals surface area (Å²) < 4.78 is 11.2. The van der Waals surface area contributed by atoms with Crippen LogP contribution in [0.4, 0.5) is 0 Å². The van der Waals surface area contributed by atoms with Crippen LogP contribution in [-0.2, 0) is 16.0 Å². The van der Waals surface area contributed by atoms with Crippen LogP contribution in [0.2, 0.25) is 0 Å². The third-order valence-electron chi connectivity index (χ3n) is 4.29. The number of aromatic nitrogens is 1. The Labute approximate surface area is 136 Å². The fraction of sp³-hybridized carbons (Fsp3) is 0.444. The number of morpholine rings is 1. The standard InChI is InChI=1S/C18H22N2O3/c1-12-10-20(11-17(22-12)15-7-5-4-6-8-15)18(21)9-16-13(2)19-23-14(16)3/h4-8,12,17H,9-11H2,1-3H3/t12-,17-/m0/s1. The van der Waals surface area contributed by atoms with Crippen molar-refractivity contribution in [3.63, 3.8) is 0 Å². The monoisotopic (exact) mass is 314 g/mol. The Bertz CT molecular complexity index is 661. The number of amides is 1. The topological polar surface area (TPSA) is 55.6 Å². The molecular weight excluding hydrogens is 292 g/mol. The summed E-state index contributed by atoms with van der Waals surface area (Å²) in [6.45, 7) is 6.92. The molecule has 0 aliphatic carbocycles. The van der Waals surface area contributed by atoms with Crippen molar-refractivity contribution in [1.29, 1.82) is 0 Å². The highest BCUT2D eigenvalue weighted by Crippen LogP contribution is 2.26. The number of benzene rings is 1. The Morgan fingerprint density at radius 2 is 2.00 bits per heavy atom. The lowest BCUT2D eigenvalue weighted by Gasteiger charge is -2.37. The summed E-state index contributed by atoms with van der Waals surface area (Å²) in [4.78, 5) is 14.6. The van der Waals surface area contributed by atoms with Crippen molar-refractivity contribution in [2.45, 2.75) is 39.4 Å². The zero-order valence-corrected chi connectivity index (χ0v) is 13.8. The van der Waals surface area contributed by atoms with Crippen LogP contribution in [0.15, 0.2) is 34.9 Å². The van der Waals surface area contributed by atoms with Crippen molar-refractivity contribution < 1.29 is 14.1 Å². The first-order valence-electron chi connectivity index (χ1n) is 7.94. The fourth-order valence-corrected chi connectivity index (χ4v) is 3.02. The van der Waals surface area contributed by atoms with Crippen LogP contribution in [0.3, 0.4) is 0 Å². The molecule has 1 fully saturated rings. The summed E-state index contributed by atoms with van der Waals surface area (Å²) in [5.41, 5.74) is 2.79. The second-order valence-electron chi connectivity index (χ2n) is 6.12. The van der Waals surface area contributed by atoms with Gasteiger partial charge in [-0.1, -0.05) is 35.5 Å². The van der Waals surface area contributed by atoms with E-state index in [4.69, 9.17) is 9.26 Å². The van der Waals surface area contributed by atoms with Crippen molar-refractivity contribution in [2.75, 3.05) is 13.1 Å². The first-order valence-corrected chi connectivity index (χ1v) is 7.94. The maximum Gasteiger partial charge on any atom is 0.227 e. The van der Waals surface area contributed by atoms with Gasteiger partial charge in [0.25, 0.3) is 0 Å². The van der Waals surface area contributed by atoms with Crippen LogP contribution in [0, 0.1) is 13.8 Å². The van der Waals surface area contributed by atoms with Gasteiger partial charge < -0.3 is 14.2 Å². The summed E-state index contributed by atoms with van der Waals surface area (Å²) >= 11 is 0. The third-order valence-corrected chi connectivity index (χ3v) is 4.29. The molecule has 0 bridgehead atoms. The third kappa shape index (κ3) is 3.45. The van der Waals surface area contributed by atoms with Crippen LogP contribution in [-0.4, -0.2) is 35.2 Å². The summed E-state index contributed by atoms with van der Waals surface area (Å²) in [7, 11) is 0. The van der Waals surface area contributed by atoms with Gasteiger partial charge in [-0.05, 0) is 26.3 Å². The highest BCUT2D eigenvalue weighted by molar-refractivity contribution is 5.79. The fourth-order valence-electron chi connectivity index (χ4n) is 3.02. The van der Waals surface area contributed by atoms with Crippen LogP contribution < -0.4 is 0 Å². The number of ether oxygens (including phenoxy) is 1. The van der Waals surface area contributed by atoms with Crippen LogP contribution in [0.25, 0.3) is 0 Å². The summed E-state index contributed by atoms with van der Waals surface area (Å²) in [6.07, 6.45) is 0.270. The molecule has 1 aliphatic rings. The molecular formula is C18H22N2O3. The number of carbonyl (C=O) groups excluding carboxylic acids is 1. The minimum Gasteiger partial charge on any atom is -0.367 e. The molecule has 0 saturated carbocycles. The molecule has 3 rings (SSSR count). The van der Waals surface area contributed by atoms with Gasteiger partial charge in [-0.25, -0.2) is 0 Å². The Balaban J connectivity index is 1.73. The molecule has 2 aromatic rings. The van der Waals surface area contributed by atoms with E-state index in [1.54, 1.807) is 0 Å². The lowest BCUT2D eigenvalue weighted by Crippen LogP contribution is -2.46. The number of hydrogen-bond donors (Lipinski definition) is 0. The summed E-state index contributed by atoms with van der Waals surface area (Å²) in [5.74, 6) is 0.812. The Hall–Kier alpha value is -2.14. The van der Waals surface area contributed by atoms with E-state index in [-0.39, 0.29) is 18.1 Å². The number of nitrogens with zero attached hydrogens (tertiary/aromatic N) is 2. The zero-order chi connectivity index (χ0) is 16.4. The van der Waals surface area contributed by atoms with Gasteiger partial charge in [0.15, 0.2) is 0 Å². The molecule has 23 heavy (non-hydrogen) atoms. The largest absolute Gasteiger partial charge is 0.367 e. The molecule has 1 aliphatic heterocycles. The number of rotatable bonds is 3. The van der Waals surface area contributed by atoms with E-state index in [9.17, 15) is 4.79 Å². The molecule has 5 heteroatoms. The van der Waals surface area contributed by atoms with Crippen molar-refractivity contribution in [3.8, 4) is 0 Å². The molecule has 1 aromatic carbocycles. The molecule has 1 saturated heterocycles. The lowest BCUT2D eigenvalue weighted by atomic mass is 10.0. The average molecular weight is 314 g/mol. The van der Waals surface area contributed by atoms with Crippen molar-refractivity contribution in [1.82, 2.24) is 10.1 Å². The van der Waals surface area contributed by atoms with Gasteiger partial charge in [0.05, 0.1) is 24.8 Å². The molecule has 122 valence electrons. The summed E-state index contributed by atoms with van der Waals surface area (Å²) in [5, 5.41) is 3.92. The van der Waals surface area contributed by atoms with Crippen LogP contribution in [0.1, 0.15) is 35.6 Å². The van der Waals surface area contributed by atoms with Gasteiger partial charge in [0.1, 0.15) is 11.9 Å².